The molecule has 4 heteroatoms. The van der Waals surface area contributed by atoms with Gasteiger partial charge in [0.15, 0.2) is 0 Å². The standard InChI is InChI=1S/C14H14BrNOS/c1-9-7-13(18-10(9)2)14(17)16-12-6-4-3-5-11(12)8-15/h3-7H,8H2,1-2H3,(H,16,17). The molecule has 1 amide bonds. The minimum Gasteiger partial charge on any atom is -0.321 e. The molecule has 1 aromatic carbocycles. The first-order valence-electron chi connectivity index (χ1n) is 5.64. The highest BCUT2D eigenvalue weighted by Crippen LogP contribution is 2.23. The summed E-state index contributed by atoms with van der Waals surface area (Å²) in [5.41, 5.74) is 3.11. The number of halogens is 1. The Kier molecular flexibility index (Phi) is 4.19. The third kappa shape index (κ3) is 2.82. The lowest BCUT2D eigenvalue weighted by Crippen LogP contribution is -2.11. The first kappa shape index (κ1) is 13.3. The van der Waals surface area contributed by atoms with Gasteiger partial charge in [0.05, 0.1) is 4.88 Å². The van der Waals surface area contributed by atoms with Crippen LogP contribution in [0.4, 0.5) is 5.69 Å². The molecule has 1 heterocycles. The topological polar surface area (TPSA) is 29.1 Å². The minimum absolute atomic E-state index is 0.0374. The zero-order valence-electron chi connectivity index (χ0n) is 10.3. The predicted molar refractivity (Wildman–Crippen MR) is 80.8 cm³/mol. The summed E-state index contributed by atoms with van der Waals surface area (Å²) in [7, 11) is 0. The van der Waals surface area contributed by atoms with Crippen molar-refractivity contribution in [1.29, 1.82) is 0 Å². The predicted octanol–water partition coefficient (Wildman–Crippen LogP) is 4.51. The second kappa shape index (κ2) is 5.67. The van der Waals surface area contributed by atoms with E-state index in [-0.39, 0.29) is 5.91 Å². The molecule has 18 heavy (non-hydrogen) atoms. The number of rotatable bonds is 3. The average molecular weight is 324 g/mol. The number of carbonyl (C=O) groups is 1. The molecule has 1 aromatic heterocycles. The van der Waals surface area contributed by atoms with Crippen LogP contribution in [-0.4, -0.2) is 5.91 Å². The number of aryl methyl sites for hydroxylation is 2. The Morgan fingerprint density at radius 3 is 2.67 bits per heavy atom. The molecule has 0 radical (unpaired) electrons. The van der Waals surface area contributed by atoms with Crippen molar-refractivity contribution in [2.75, 3.05) is 5.32 Å². The molecule has 0 unspecified atom stereocenters. The van der Waals surface area contributed by atoms with E-state index in [1.165, 1.54) is 21.8 Å². The number of carbonyl (C=O) groups excluding carboxylic acids is 1. The molecule has 0 aliphatic rings. The van der Waals surface area contributed by atoms with Crippen LogP contribution in [0.25, 0.3) is 0 Å². The largest absolute Gasteiger partial charge is 0.321 e. The molecule has 2 aromatic rings. The van der Waals surface area contributed by atoms with E-state index in [1.54, 1.807) is 0 Å². The number of nitrogens with one attached hydrogen (secondary N) is 1. The molecule has 0 fully saturated rings. The Morgan fingerprint density at radius 2 is 2.06 bits per heavy atom. The SMILES string of the molecule is Cc1cc(C(=O)Nc2ccccc2CBr)sc1C. The summed E-state index contributed by atoms with van der Waals surface area (Å²) < 4.78 is 0. The highest BCUT2D eigenvalue weighted by Gasteiger charge is 2.11. The lowest BCUT2D eigenvalue weighted by atomic mass is 10.2. The molecule has 0 atom stereocenters. The Morgan fingerprint density at radius 1 is 1.33 bits per heavy atom. The summed E-state index contributed by atoms with van der Waals surface area (Å²) >= 11 is 4.95. The van der Waals surface area contributed by atoms with E-state index in [0.29, 0.717) is 0 Å². The van der Waals surface area contributed by atoms with E-state index >= 15 is 0 Å². The van der Waals surface area contributed by atoms with Crippen molar-refractivity contribution < 1.29 is 4.79 Å². The second-order valence-corrected chi connectivity index (χ2v) is 5.91. The Hall–Kier alpha value is -1.13. The zero-order valence-corrected chi connectivity index (χ0v) is 12.7. The van der Waals surface area contributed by atoms with E-state index in [9.17, 15) is 4.79 Å². The number of alkyl halides is 1. The van der Waals surface area contributed by atoms with Gasteiger partial charge in [-0.25, -0.2) is 0 Å². The fraction of sp³-hybridized carbons (Fsp3) is 0.214. The van der Waals surface area contributed by atoms with Crippen molar-refractivity contribution in [3.05, 3.63) is 51.2 Å². The lowest BCUT2D eigenvalue weighted by Gasteiger charge is -2.07. The maximum atomic E-state index is 12.1. The number of thiophene rings is 1. The van der Waals surface area contributed by atoms with Gasteiger partial charge in [-0.1, -0.05) is 34.1 Å². The van der Waals surface area contributed by atoms with Gasteiger partial charge >= 0.3 is 0 Å². The summed E-state index contributed by atoms with van der Waals surface area (Å²) in [6, 6.07) is 9.74. The molecular formula is C14H14BrNOS. The van der Waals surface area contributed by atoms with E-state index in [1.807, 2.05) is 44.2 Å². The van der Waals surface area contributed by atoms with E-state index < -0.39 is 0 Å². The highest BCUT2D eigenvalue weighted by atomic mass is 79.9. The monoisotopic (exact) mass is 323 g/mol. The van der Waals surface area contributed by atoms with Crippen LogP contribution in [-0.2, 0) is 5.33 Å². The number of anilines is 1. The number of hydrogen-bond donors (Lipinski definition) is 1. The molecule has 0 aliphatic heterocycles. The third-order valence-corrected chi connectivity index (χ3v) is 4.55. The molecule has 0 aliphatic carbocycles. The van der Waals surface area contributed by atoms with Gasteiger partial charge in [0.1, 0.15) is 0 Å². The first-order chi connectivity index (χ1) is 8.61. The van der Waals surface area contributed by atoms with Gasteiger partial charge in [-0.3, -0.25) is 4.79 Å². The van der Waals surface area contributed by atoms with E-state index in [0.717, 1.165) is 21.5 Å². The van der Waals surface area contributed by atoms with Gasteiger partial charge in [-0.2, -0.15) is 0 Å². The van der Waals surface area contributed by atoms with Crippen molar-refractivity contribution in [2.45, 2.75) is 19.2 Å². The molecule has 2 rings (SSSR count). The molecule has 0 saturated heterocycles. The van der Waals surface area contributed by atoms with Crippen LogP contribution in [0.15, 0.2) is 30.3 Å². The van der Waals surface area contributed by atoms with Crippen molar-refractivity contribution in [3.8, 4) is 0 Å². The molecule has 0 saturated carbocycles. The summed E-state index contributed by atoms with van der Waals surface area (Å²) in [6.45, 7) is 4.05. The van der Waals surface area contributed by atoms with Gasteiger partial charge in [0, 0.05) is 15.9 Å². The summed E-state index contributed by atoms with van der Waals surface area (Å²) in [6.07, 6.45) is 0. The second-order valence-electron chi connectivity index (χ2n) is 4.09. The van der Waals surface area contributed by atoms with Crippen molar-refractivity contribution in [2.24, 2.45) is 0 Å². The molecule has 0 spiro atoms. The average Bonchev–Trinajstić information content (AvgIpc) is 2.70. The Balaban J connectivity index is 2.21. The van der Waals surface area contributed by atoms with Crippen LogP contribution in [0.3, 0.4) is 0 Å². The number of amides is 1. The molecule has 1 N–H and O–H groups in total. The Labute approximate surface area is 119 Å². The van der Waals surface area contributed by atoms with Crippen molar-refractivity contribution >= 4 is 38.9 Å². The maximum Gasteiger partial charge on any atom is 0.265 e. The molecule has 2 nitrogen and oxygen atoms in total. The van der Waals surface area contributed by atoms with Crippen LogP contribution in [0.5, 0.6) is 0 Å². The third-order valence-electron chi connectivity index (χ3n) is 2.80. The van der Waals surface area contributed by atoms with Gasteiger partial charge in [0.25, 0.3) is 5.91 Å². The summed E-state index contributed by atoms with van der Waals surface area (Å²) in [5, 5.41) is 3.69. The highest BCUT2D eigenvalue weighted by molar-refractivity contribution is 9.08. The van der Waals surface area contributed by atoms with Crippen LogP contribution < -0.4 is 5.32 Å². The van der Waals surface area contributed by atoms with Crippen LogP contribution in [0, 0.1) is 13.8 Å². The van der Waals surface area contributed by atoms with Gasteiger partial charge in [0.2, 0.25) is 0 Å². The number of para-hydroxylation sites is 1. The van der Waals surface area contributed by atoms with Crippen LogP contribution >= 0.6 is 27.3 Å². The van der Waals surface area contributed by atoms with E-state index in [4.69, 9.17) is 0 Å². The smallest absolute Gasteiger partial charge is 0.265 e. The lowest BCUT2D eigenvalue weighted by molar-refractivity contribution is 0.103. The molecule has 94 valence electrons. The fourth-order valence-electron chi connectivity index (χ4n) is 1.63. The zero-order chi connectivity index (χ0) is 13.1. The normalized spacial score (nSPS) is 10.4. The summed E-state index contributed by atoms with van der Waals surface area (Å²) in [5.74, 6) is -0.0374. The number of hydrogen-bond acceptors (Lipinski definition) is 2. The maximum absolute atomic E-state index is 12.1. The number of benzene rings is 1. The van der Waals surface area contributed by atoms with E-state index in [2.05, 4.69) is 21.2 Å². The van der Waals surface area contributed by atoms with Gasteiger partial charge in [-0.15, -0.1) is 11.3 Å². The van der Waals surface area contributed by atoms with Crippen LogP contribution in [0.2, 0.25) is 0 Å². The Bertz CT molecular complexity index is 557. The molecule has 0 bridgehead atoms. The van der Waals surface area contributed by atoms with Crippen LogP contribution in [0.1, 0.15) is 25.7 Å². The quantitative estimate of drug-likeness (QED) is 0.827. The van der Waals surface area contributed by atoms with Crippen molar-refractivity contribution in [1.82, 2.24) is 0 Å². The van der Waals surface area contributed by atoms with Gasteiger partial charge in [-0.05, 0) is 37.1 Å². The van der Waals surface area contributed by atoms with Crippen molar-refractivity contribution in [3.63, 3.8) is 0 Å². The first-order valence-corrected chi connectivity index (χ1v) is 7.58. The summed E-state index contributed by atoms with van der Waals surface area (Å²) in [4.78, 5) is 14.1. The fourth-order valence-corrected chi connectivity index (χ4v) is 3.05. The molecular weight excluding hydrogens is 310 g/mol. The minimum atomic E-state index is -0.0374. The van der Waals surface area contributed by atoms with Gasteiger partial charge < -0.3 is 5.32 Å².